The minimum Gasteiger partial charge on any atom is -0.357 e. The molecule has 0 unspecified atom stereocenters. The minimum absolute atomic E-state index is 0. The highest BCUT2D eigenvalue weighted by molar-refractivity contribution is 14.0. The molecule has 1 N–H and O–H groups in total. The first-order valence-corrected chi connectivity index (χ1v) is 9.31. The highest BCUT2D eigenvalue weighted by Gasteiger charge is 2.18. The number of piperidine rings is 1. The lowest BCUT2D eigenvalue weighted by Gasteiger charge is -2.33. The predicted octanol–water partition coefficient (Wildman–Crippen LogP) is 3.75. The van der Waals surface area contributed by atoms with Gasteiger partial charge in [0.2, 0.25) is 0 Å². The molecule has 1 aromatic heterocycles. The molecule has 26 heavy (non-hydrogen) atoms. The average molecular weight is 467 g/mol. The van der Waals surface area contributed by atoms with E-state index in [2.05, 4.69) is 57.9 Å². The van der Waals surface area contributed by atoms with E-state index in [0.717, 1.165) is 38.1 Å². The van der Waals surface area contributed by atoms with E-state index >= 15 is 0 Å². The second-order valence-electron chi connectivity index (χ2n) is 6.89. The first-order chi connectivity index (χ1) is 12.2. The molecule has 1 aliphatic heterocycles. The summed E-state index contributed by atoms with van der Waals surface area (Å²) in [5.74, 6) is 1.88. The van der Waals surface area contributed by atoms with Crippen LogP contribution >= 0.6 is 24.0 Å². The van der Waals surface area contributed by atoms with Crippen molar-refractivity contribution >= 4 is 29.9 Å². The van der Waals surface area contributed by atoms with Gasteiger partial charge in [-0.2, -0.15) is 0 Å². The molecule has 3 rings (SSSR count). The number of imidazole rings is 1. The average Bonchev–Trinajstić information content (AvgIpc) is 3.13. The fourth-order valence-electron chi connectivity index (χ4n) is 3.23. The van der Waals surface area contributed by atoms with Crippen LogP contribution in [0.15, 0.2) is 48.0 Å². The van der Waals surface area contributed by atoms with Gasteiger partial charge in [0.25, 0.3) is 0 Å². The summed E-state index contributed by atoms with van der Waals surface area (Å²) in [6.07, 6.45) is 8.17. The molecule has 0 saturated carbocycles. The van der Waals surface area contributed by atoms with Crippen molar-refractivity contribution in [2.24, 2.45) is 10.9 Å². The first-order valence-electron chi connectivity index (χ1n) is 9.31. The third-order valence-electron chi connectivity index (χ3n) is 4.75. The van der Waals surface area contributed by atoms with E-state index in [-0.39, 0.29) is 24.0 Å². The highest BCUT2D eigenvalue weighted by atomic mass is 127. The Morgan fingerprint density at radius 2 is 2.04 bits per heavy atom. The summed E-state index contributed by atoms with van der Waals surface area (Å²) >= 11 is 0. The zero-order valence-electron chi connectivity index (χ0n) is 15.8. The predicted molar refractivity (Wildman–Crippen MR) is 118 cm³/mol. The number of benzene rings is 1. The van der Waals surface area contributed by atoms with Crippen LogP contribution < -0.4 is 5.32 Å². The zero-order valence-corrected chi connectivity index (χ0v) is 18.1. The zero-order chi connectivity index (χ0) is 17.5. The third-order valence-corrected chi connectivity index (χ3v) is 4.75. The fourth-order valence-corrected chi connectivity index (χ4v) is 3.23. The third kappa shape index (κ3) is 6.00. The molecule has 142 valence electrons. The number of rotatable bonds is 5. The van der Waals surface area contributed by atoms with Crippen molar-refractivity contribution < 1.29 is 0 Å². The number of likely N-dealkylation sites (tertiary alicyclic amines) is 1. The maximum atomic E-state index is 4.88. The summed E-state index contributed by atoms with van der Waals surface area (Å²) in [4.78, 5) is 11.4. The van der Waals surface area contributed by atoms with Crippen molar-refractivity contribution in [2.45, 2.75) is 39.8 Å². The largest absolute Gasteiger partial charge is 0.357 e. The smallest absolute Gasteiger partial charge is 0.194 e. The summed E-state index contributed by atoms with van der Waals surface area (Å²) < 4.78 is 2.08. The summed E-state index contributed by atoms with van der Waals surface area (Å²) in [6, 6.07) is 8.67. The van der Waals surface area contributed by atoms with Gasteiger partial charge in [-0.05, 0) is 36.8 Å². The Bertz CT molecular complexity index is 675. The van der Waals surface area contributed by atoms with Crippen LogP contribution in [0.4, 0.5) is 0 Å². The molecule has 0 amide bonds. The van der Waals surface area contributed by atoms with Crippen LogP contribution in [0, 0.1) is 5.92 Å². The van der Waals surface area contributed by atoms with Crippen molar-refractivity contribution in [3.05, 3.63) is 54.1 Å². The Morgan fingerprint density at radius 3 is 2.73 bits per heavy atom. The number of nitrogens with zero attached hydrogens (tertiary/aromatic N) is 4. The molecule has 0 spiro atoms. The van der Waals surface area contributed by atoms with Gasteiger partial charge in [-0.15, -0.1) is 24.0 Å². The quantitative estimate of drug-likeness (QED) is 0.414. The summed E-state index contributed by atoms with van der Waals surface area (Å²) in [6.45, 7) is 9.15. The number of hydrogen-bond acceptors (Lipinski definition) is 2. The number of nitrogens with one attached hydrogen (secondary N) is 1. The minimum atomic E-state index is 0. The summed E-state index contributed by atoms with van der Waals surface area (Å²) in [5.41, 5.74) is 2.53. The van der Waals surface area contributed by atoms with Crippen molar-refractivity contribution in [3.63, 3.8) is 0 Å². The van der Waals surface area contributed by atoms with Gasteiger partial charge < -0.3 is 14.8 Å². The van der Waals surface area contributed by atoms with Gasteiger partial charge in [0.05, 0.1) is 12.9 Å². The molecule has 2 heterocycles. The molecular formula is C20H30IN5. The van der Waals surface area contributed by atoms with Crippen LogP contribution in [-0.4, -0.2) is 40.0 Å². The molecular weight excluding hydrogens is 437 g/mol. The van der Waals surface area contributed by atoms with E-state index < -0.39 is 0 Å². The molecule has 2 aromatic rings. The van der Waals surface area contributed by atoms with Gasteiger partial charge in [0, 0.05) is 38.6 Å². The Hall–Kier alpha value is -1.57. The van der Waals surface area contributed by atoms with Gasteiger partial charge in [0.1, 0.15) is 0 Å². The van der Waals surface area contributed by atoms with Gasteiger partial charge in [-0.3, -0.25) is 0 Å². The number of halogens is 1. The summed E-state index contributed by atoms with van der Waals surface area (Å²) in [5, 5.41) is 3.45. The molecule has 1 aromatic carbocycles. The second kappa shape index (κ2) is 10.5. The molecule has 1 saturated heterocycles. The van der Waals surface area contributed by atoms with E-state index in [1.807, 2.05) is 18.7 Å². The van der Waals surface area contributed by atoms with Gasteiger partial charge in [-0.25, -0.2) is 9.98 Å². The van der Waals surface area contributed by atoms with E-state index in [0.29, 0.717) is 6.54 Å². The molecule has 0 atom stereocenters. The lowest BCUT2D eigenvalue weighted by Crippen LogP contribution is -2.45. The van der Waals surface area contributed by atoms with Crippen LogP contribution in [0.5, 0.6) is 0 Å². The van der Waals surface area contributed by atoms with E-state index in [9.17, 15) is 0 Å². The number of guanidine groups is 1. The van der Waals surface area contributed by atoms with E-state index in [1.54, 1.807) is 0 Å². The summed E-state index contributed by atoms with van der Waals surface area (Å²) in [7, 11) is 0. The SMILES string of the molecule is CCNC(=NCc1cccc(Cn2ccnc2)c1)N1CCC(C)CC1.I. The first kappa shape index (κ1) is 20.7. The van der Waals surface area contributed by atoms with Crippen molar-refractivity contribution in [1.82, 2.24) is 19.8 Å². The van der Waals surface area contributed by atoms with E-state index in [1.165, 1.54) is 24.0 Å². The van der Waals surface area contributed by atoms with Crippen LogP contribution in [0.1, 0.15) is 37.8 Å². The number of aromatic nitrogens is 2. The van der Waals surface area contributed by atoms with E-state index in [4.69, 9.17) is 4.99 Å². The van der Waals surface area contributed by atoms with Crippen molar-refractivity contribution in [2.75, 3.05) is 19.6 Å². The Kier molecular flexibility index (Phi) is 8.41. The lowest BCUT2D eigenvalue weighted by atomic mass is 10.00. The van der Waals surface area contributed by atoms with Crippen molar-refractivity contribution in [3.8, 4) is 0 Å². The van der Waals surface area contributed by atoms with Gasteiger partial charge in [0.15, 0.2) is 5.96 Å². The van der Waals surface area contributed by atoms with Crippen LogP contribution in [0.3, 0.4) is 0 Å². The normalized spacial score (nSPS) is 15.6. The molecule has 1 fully saturated rings. The Labute approximate surface area is 173 Å². The number of hydrogen-bond donors (Lipinski definition) is 1. The van der Waals surface area contributed by atoms with Crippen LogP contribution in [0.2, 0.25) is 0 Å². The second-order valence-corrected chi connectivity index (χ2v) is 6.89. The highest BCUT2D eigenvalue weighted by Crippen LogP contribution is 2.16. The monoisotopic (exact) mass is 467 g/mol. The maximum Gasteiger partial charge on any atom is 0.194 e. The van der Waals surface area contributed by atoms with Crippen LogP contribution in [0.25, 0.3) is 0 Å². The van der Waals surface area contributed by atoms with Gasteiger partial charge in [-0.1, -0.05) is 31.2 Å². The topological polar surface area (TPSA) is 45.5 Å². The fraction of sp³-hybridized carbons (Fsp3) is 0.500. The Balaban J connectivity index is 0.00000243. The van der Waals surface area contributed by atoms with Crippen LogP contribution in [-0.2, 0) is 13.1 Å². The maximum absolute atomic E-state index is 4.88. The number of aliphatic imine (C=N–C) groups is 1. The molecule has 6 heteroatoms. The van der Waals surface area contributed by atoms with Crippen molar-refractivity contribution in [1.29, 1.82) is 0 Å². The molecule has 0 radical (unpaired) electrons. The molecule has 0 bridgehead atoms. The molecule has 0 aliphatic carbocycles. The molecule has 5 nitrogen and oxygen atoms in total. The lowest BCUT2D eigenvalue weighted by molar-refractivity contribution is 0.273. The standard InChI is InChI=1S/C20H29N5.HI/c1-3-22-20(25-10-7-17(2)8-11-25)23-14-18-5-4-6-19(13-18)15-24-12-9-21-16-24;/h4-6,9,12-13,16-17H,3,7-8,10-11,14-15H2,1-2H3,(H,22,23);1H. The van der Waals surface area contributed by atoms with Gasteiger partial charge >= 0.3 is 0 Å². The Morgan fingerprint density at radius 1 is 1.27 bits per heavy atom. The molecule has 1 aliphatic rings.